The zero-order chi connectivity index (χ0) is 6.01. The van der Waals surface area contributed by atoms with Crippen LogP contribution in [0, 0.1) is 5.92 Å². The molecule has 0 bridgehead atoms. The number of epoxide rings is 1. The molecule has 1 amide bonds. The van der Waals surface area contributed by atoms with Crippen LogP contribution in [0.5, 0.6) is 0 Å². The summed E-state index contributed by atoms with van der Waals surface area (Å²) in [6.07, 6.45) is 1.80. The summed E-state index contributed by atoms with van der Waals surface area (Å²) in [6, 6.07) is 0.391. The van der Waals surface area contributed by atoms with E-state index in [4.69, 9.17) is 4.74 Å². The van der Waals surface area contributed by atoms with Gasteiger partial charge in [0.05, 0.1) is 18.1 Å². The molecule has 9 heavy (non-hydrogen) atoms. The number of carbonyl (C=O) groups excluding carboxylic acids is 1. The molecular weight excluding hydrogens is 118 g/mol. The van der Waals surface area contributed by atoms with Crippen LogP contribution in [0.2, 0.25) is 0 Å². The van der Waals surface area contributed by atoms with Crippen molar-refractivity contribution in [1.82, 2.24) is 5.32 Å². The first-order chi connectivity index (χ1) is 4.36. The van der Waals surface area contributed by atoms with Gasteiger partial charge in [-0.25, -0.2) is 0 Å². The minimum atomic E-state index is 0.232. The lowest BCUT2D eigenvalue weighted by atomic mass is 9.93. The summed E-state index contributed by atoms with van der Waals surface area (Å²) in [4.78, 5) is 10.7. The highest BCUT2D eigenvalue weighted by Gasteiger charge is 2.63. The third-order valence-electron chi connectivity index (χ3n) is 2.54. The Hall–Kier alpha value is -0.570. The molecule has 2 saturated heterocycles. The largest absolute Gasteiger partial charge is 0.367 e. The molecule has 2 heterocycles. The second-order valence-corrected chi connectivity index (χ2v) is 3.02. The van der Waals surface area contributed by atoms with Gasteiger partial charge in [0, 0.05) is 0 Å². The summed E-state index contributed by atoms with van der Waals surface area (Å²) in [6.45, 7) is 0. The summed E-state index contributed by atoms with van der Waals surface area (Å²) in [5.41, 5.74) is 0. The Kier molecular flexibility index (Phi) is 0.481. The van der Waals surface area contributed by atoms with Crippen molar-refractivity contribution in [2.75, 3.05) is 0 Å². The third kappa shape index (κ3) is 0.339. The average molecular weight is 125 g/mol. The SMILES string of the molecule is O=C1N[C@@H]2[C@@H]3O[C@H]3C[C@H]12. The van der Waals surface area contributed by atoms with E-state index in [0.717, 1.165) is 6.42 Å². The Bertz CT molecular complexity index is 191. The van der Waals surface area contributed by atoms with Crippen molar-refractivity contribution in [3.63, 3.8) is 0 Å². The van der Waals surface area contributed by atoms with Crippen LogP contribution in [-0.4, -0.2) is 24.2 Å². The fourth-order valence-corrected chi connectivity index (χ4v) is 1.92. The Morgan fingerprint density at radius 1 is 1.67 bits per heavy atom. The number of amides is 1. The molecule has 0 radical (unpaired) electrons. The minimum absolute atomic E-state index is 0.232. The summed E-state index contributed by atoms with van der Waals surface area (Å²) in [7, 11) is 0. The number of ether oxygens (including phenoxy) is 1. The molecule has 0 aromatic carbocycles. The van der Waals surface area contributed by atoms with Crippen molar-refractivity contribution < 1.29 is 9.53 Å². The van der Waals surface area contributed by atoms with Gasteiger partial charge in [0.2, 0.25) is 5.91 Å². The number of hydrogen-bond donors (Lipinski definition) is 1. The maximum Gasteiger partial charge on any atom is 0.225 e. The van der Waals surface area contributed by atoms with Gasteiger partial charge in [-0.05, 0) is 6.42 Å². The van der Waals surface area contributed by atoms with E-state index >= 15 is 0 Å². The van der Waals surface area contributed by atoms with Crippen LogP contribution in [0.4, 0.5) is 0 Å². The molecule has 0 spiro atoms. The van der Waals surface area contributed by atoms with Crippen LogP contribution in [-0.2, 0) is 9.53 Å². The normalized spacial score (nSPS) is 59.3. The molecule has 0 aromatic rings. The molecule has 3 heteroatoms. The van der Waals surface area contributed by atoms with Gasteiger partial charge in [0.1, 0.15) is 6.10 Å². The van der Waals surface area contributed by atoms with Crippen LogP contribution >= 0.6 is 0 Å². The highest BCUT2D eigenvalue weighted by atomic mass is 16.6. The molecular formula is C6H7NO2. The van der Waals surface area contributed by atoms with E-state index in [2.05, 4.69) is 5.32 Å². The monoisotopic (exact) mass is 125 g/mol. The van der Waals surface area contributed by atoms with Gasteiger partial charge < -0.3 is 10.1 Å². The molecule has 1 N–H and O–H groups in total. The van der Waals surface area contributed by atoms with Gasteiger partial charge in [0.15, 0.2) is 0 Å². The first-order valence-electron chi connectivity index (χ1n) is 3.32. The summed E-state index contributed by atoms with van der Waals surface area (Å²) >= 11 is 0. The van der Waals surface area contributed by atoms with Crippen LogP contribution in [0.3, 0.4) is 0 Å². The van der Waals surface area contributed by atoms with Crippen molar-refractivity contribution in [1.29, 1.82) is 0 Å². The quantitative estimate of drug-likeness (QED) is 0.342. The van der Waals surface area contributed by atoms with E-state index in [9.17, 15) is 4.79 Å². The molecule has 4 atom stereocenters. The van der Waals surface area contributed by atoms with E-state index in [1.807, 2.05) is 0 Å². The van der Waals surface area contributed by atoms with E-state index in [0.29, 0.717) is 24.2 Å². The lowest BCUT2D eigenvalue weighted by molar-refractivity contribution is -0.135. The zero-order valence-electron chi connectivity index (χ0n) is 4.83. The smallest absolute Gasteiger partial charge is 0.225 e. The molecule has 3 rings (SSSR count). The van der Waals surface area contributed by atoms with E-state index in [-0.39, 0.29) is 5.91 Å². The lowest BCUT2D eigenvalue weighted by Crippen LogP contribution is -2.58. The molecule has 48 valence electrons. The van der Waals surface area contributed by atoms with Crippen molar-refractivity contribution in [2.45, 2.75) is 24.7 Å². The van der Waals surface area contributed by atoms with Crippen LogP contribution < -0.4 is 5.32 Å². The second-order valence-electron chi connectivity index (χ2n) is 3.02. The Morgan fingerprint density at radius 3 is 3.11 bits per heavy atom. The maximum atomic E-state index is 10.7. The highest BCUT2D eigenvalue weighted by Crippen LogP contribution is 2.46. The van der Waals surface area contributed by atoms with Gasteiger partial charge in [-0.15, -0.1) is 0 Å². The Labute approximate surface area is 52.4 Å². The second kappa shape index (κ2) is 1.01. The summed E-state index contributed by atoms with van der Waals surface area (Å²) in [5.74, 6) is 0.546. The number of β-lactam (4-membered cyclic amide) rings is 1. The number of carbonyl (C=O) groups is 1. The van der Waals surface area contributed by atoms with Crippen LogP contribution in [0.25, 0.3) is 0 Å². The van der Waals surface area contributed by atoms with Crippen molar-refractivity contribution in [3.8, 4) is 0 Å². The number of rotatable bonds is 0. The van der Waals surface area contributed by atoms with Crippen molar-refractivity contribution >= 4 is 5.91 Å². The molecule has 0 aromatic heterocycles. The topological polar surface area (TPSA) is 41.6 Å². The Morgan fingerprint density at radius 2 is 2.56 bits per heavy atom. The summed E-state index contributed by atoms with van der Waals surface area (Å²) in [5, 5.41) is 2.83. The predicted molar refractivity (Wildman–Crippen MR) is 28.7 cm³/mol. The first kappa shape index (κ1) is 4.28. The zero-order valence-corrected chi connectivity index (χ0v) is 4.83. The Balaban J connectivity index is 1.92. The molecule has 1 saturated carbocycles. The lowest BCUT2D eigenvalue weighted by Gasteiger charge is -2.31. The highest BCUT2D eigenvalue weighted by molar-refractivity contribution is 5.87. The van der Waals surface area contributed by atoms with E-state index < -0.39 is 0 Å². The fourth-order valence-electron chi connectivity index (χ4n) is 1.92. The molecule has 0 unspecified atom stereocenters. The van der Waals surface area contributed by atoms with Gasteiger partial charge in [0.25, 0.3) is 0 Å². The summed E-state index contributed by atoms with van der Waals surface area (Å²) < 4.78 is 5.22. The maximum absolute atomic E-state index is 10.7. The minimum Gasteiger partial charge on any atom is -0.367 e. The van der Waals surface area contributed by atoms with Gasteiger partial charge in [-0.1, -0.05) is 0 Å². The van der Waals surface area contributed by atoms with E-state index in [1.54, 1.807) is 0 Å². The van der Waals surface area contributed by atoms with E-state index in [1.165, 1.54) is 0 Å². The van der Waals surface area contributed by atoms with Gasteiger partial charge in [-0.3, -0.25) is 4.79 Å². The number of fused-ring (bicyclic) bond motifs is 3. The fraction of sp³-hybridized carbons (Fsp3) is 0.833. The first-order valence-corrected chi connectivity index (χ1v) is 3.32. The van der Waals surface area contributed by atoms with Crippen molar-refractivity contribution in [3.05, 3.63) is 0 Å². The van der Waals surface area contributed by atoms with Crippen molar-refractivity contribution in [2.24, 2.45) is 5.92 Å². The molecule has 3 fully saturated rings. The molecule has 3 aliphatic rings. The van der Waals surface area contributed by atoms with Gasteiger partial charge >= 0.3 is 0 Å². The average Bonchev–Trinajstić information content (AvgIpc) is 2.52. The molecule has 1 aliphatic carbocycles. The molecule has 3 nitrogen and oxygen atoms in total. The molecule has 2 aliphatic heterocycles. The van der Waals surface area contributed by atoms with Gasteiger partial charge in [-0.2, -0.15) is 0 Å². The van der Waals surface area contributed by atoms with Crippen LogP contribution in [0.15, 0.2) is 0 Å². The predicted octanol–water partition coefficient (Wildman–Crippen LogP) is -0.728. The number of hydrogen-bond acceptors (Lipinski definition) is 2. The standard InChI is InChI=1S/C6H7NO2/c8-6-2-1-3-5(9-3)4(2)7-6/h2-5H,1H2,(H,7,8)/t2-,3-,4-,5+/m0/s1. The van der Waals surface area contributed by atoms with Crippen LogP contribution in [0.1, 0.15) is 6.42 Å². The number of nitrogens with one attached hydrogen (secondary N) is 1. The third-order valence-corrected chi connectivity index (χ3v) is 2.54.